The number of rotatable bonds is 3. The van der Waals surface area contributed by atoms with Gasteiger partial charge < -0.3 is 10.1 Å². The van der Waals surface area contributed by atoms with Crippen LogP contribution in [0.2, 0.25) is 0 Å². The van der Waals surface area contributed by atoms with Crippen LogP contribution >= 0.6 is 0 Å². The zero-order valence-corrected chi connectivity index (χ0v) is 9.57. The fourth-order valence-corrected chi connectivity index (χ4v) is 1.78. The SMILES string of the molecule is CC(C)(CO)c1ccccc1-c1ncc[nH]1. The summed E-state index contributed by atoms with van der Waals surface area (Å²) in [4.78, 5) is 7.36. The van der Waals surface area contributed by atoms with Crippen molar-refractivity contribution in [2.75, 3.05) is 6.61 Å². The molecule has 1 aromatic heterocycles. The second kappa shape index (κ2) is 4.10. The summed E-state index contributed by atoms with van der Waals surface area (Å²) in [5, 5.41) is 9.44. The number of imidazole rings is 1. The Morgan fingerprint density at radius 3 is 2.69 bits per heavy atom. The quantitative estimate of drug-likeness (QED) is 0.827. The molecule has 0 amide bonds. The molecule has 16 heavy (non-hydrogen) atoms. The predicted molar refractivity (Wildman–Crippen MR) is 64.1 cm³/mol. The van der Waals surface area contributed by atoms with E-state index in [-0.39, 0.29) is 12.0 Å². The monoisotopic (exact) mass is 216 g/mol. The fourth-order valence-electron chi connectivity index (χ4n) is 1.78. The molecule has 84 valence electrons. The van der Waals surface area contributed by atoms with Gasteiger partial charge in [-0.15, -0.1) is 0 Å². The van der Waals surface area contributed by atoms with E-state index in [4.69, 9.17) is 0 Å². The molecule has 0 aliphatic heterocycles. The van der Waals surface area contributed by atoms with Crippen molar-refractivity contribution in [3.8, 4) is 11.4 Å². The lowest BCUT2D eigenvalue weighted by atomic mass is 9.82. The van der Waals surface area contributed by atoms with Crippen LogP contribution in [0.25, 0.3) is 11.4 Å². The molecule has 0 radical (unpaired) electrons. The number of hydrogen-bond donors (Lipinski definition) is 2. The van der Waals surface area contributed by atoms with Crippen LogP contribution in [0.5, 0.6) is 0 Å². The van der Waals surface area contributed by atoms with Crippen molar-refractivity contribution < 1.29 is 5.11 Å². The standard InChI is InChI=1S/C13H16N2O/c1-13(2,9-16)11-6-4-3-5-10(11)12-14-7-8-15-12/h3-8,16H,9H2,1-2H3,(H,14,15). The summed E-state index contributed by atoms with van der Waals surface area (Å²) in [5.74, 6) is 0.845. The molecule has 0 saturated carbocycles. The first-order valence-electron chi connectivity index (χ1n) is 5.35. The highest BCUT2D eigenvalue weighted by molar-refractivity contribution is 5.62. The maximum Gasteiger partial charge on any atom is 0.137 e. The third kappa shape index (κ3) is 1.86. The summed E-state index contributed by atoms with van der Waals surface area (Å²) in [7, 11) is 0. The lowest BCUT2D eigenvalue weighted by molar-refractivity contribution is 0.219. The average molecular weight is 216 g/mol. The van der Waals surface area contributed by atoms with E-state index in [1.54, 1.807) is 12.4 Å². The first-order chi connectivity index (χ1) is 7.65. The fraction of sp³-hybridized carbons (Fsp3) is 0.308. The molecule has 0 fully saturated rings. The Bertz CT molecular complexity index is 461. The molecule has 0 bridgehead atoms. The van der Waals surface area contributed by atoms with Crippen LogP contribution < -0.4 is 0 Å². The van der Waals surface area contributed by atoms with Crippen LogP contribution in [0, 0.1) is 0 Å². The minimum absolute atomic E-state index is 0.116. The van der Waals surface area contributed by atoms with Crippen molar-refractivity contribution in [1.29, 1.82) is 0 Å². The minimum Gasteiger partial charge on any atom is -0.395 e. The molecule has 2 rings (SSSR count). The molecule has 2 N–H and O–H groups in total. The Morgan fingerprint density at radius 2 is 2.06 bits per heavy atom. The average Bonchev–Trinajstić information content (AvgIpc) is 2.82. The Balaban J connectivity index is 2.55. The predicted octanol–water partition coefficient (Wildman–Crippen LogP) is 2.35. The van der Waals surface area contributed by atoms with Gasteiger partial charge in [0.05, 0.1) is 6.61 Å². The van der Waals surface area contributed by atoms with Crippen molar-refractivity contribution in [2.45, 2.75) is 19.3 Å². The number of aromatic nitrogens is 2. The second-order valence-electron chi connectivity index (χ2n) is 4.53. The van der Waals surface area contributed by atoms with Crippen LogP contribution in [-0.4, -0.2) is 21.7 Å². The van der Waals surface area contributed by atoms with Gasteiger partial charge in [-0.3, -0.25) is 0 Å². The van der Waals surface area contributed by atoms with E-state index in [0.717, 1.165) is 17.0 Å². The third-order valence-corrected chi connectivity index (χ3v) is 2.80. The first-order valence-corrected chi connectivity index (χ1v) is 5.35. The molecule has 0 unspecified atom stereocenters. The van der Waals surface area contributed by atoms with Crippen molar-refractivity contribution in [1.82, 2.24) is 9.97 Å². The van der Waals surface area contributed by atoms with Crippen LogP contribution in [0.1, 0.15) is 19.4 Å². The molecule has 0 atom stereocenters. The van der Waals surface area contributed by atoms with Gasteiger partial charge in [-0.25, -0.2) is 4.98 Å². The molecule has 1 heterocycles. The van der Waals surface area contributed by atoms with Crippen LogP contribution in [-0.2, 0) is 5.41 Å². The normalized spacial score (nSPS) is 11.7. The number of aliphatic hydroxyl groups is 1. The first kappa shape index (κ1) is 10.9. The molecular formula is C13H16N2O. The van der Waals surface area contributed by atoms with Crippen molar-refractivity contribution >= 4 is 0 Å². The maximum absolute atomic E-state index is 9.44. The largest absolute Gasteiger partial charge is 0.395 e. The van der Waals surface area contributed by atoms with E-state index in [1.165, 1.54) is 0 Å². The van der Waals surface area contributed by atoms with Gasteiger partial charge in [-0.2, -0.15) is 0 Å². The Morgan fingerprint density at radius 1 is 1.31 bits per heavy atom. The summed E-state index contributed by atoms with van der Waals surface area (Å²) in [6, 6.07) is 8.02. The molecular weight excluding hydrogens is 200 g/mol. The number of nitrogens with zero attached hydrogens (tertiary/aromatic N) is 1. The molecule has 1 aromatic carbocycles. The van der Waals surface area contributed by atoms with E-state index >= 15 is 0 Å². The zero-order chi connectivity index (χ0) is 11.6. The Labute approximate surface area is 95.2 Å². The number of aromatic amines is 1. The highest BCUT2D eigenvalue weighted by atomic mass is 16.3. The number of aliphatic hydroxyl groups excluding tert-OH is 1. The Hall–Kier alpha value is -1.61. The third-order valence-electron chi connectivity index (χ3n) is 2.80. The van der Waals surface area contributed by atoms with Gasteiger partial charge in [0.2, 0.25) is 0 Å². The van der Waals surface area contributed by atoms with Gasteiger partial charge in [-0.05, 0) is 5.56 Å². The van der Waals surface area contributed by atoms with E-state index < -0.39 is 0 Å². The molecule has 0 saturated heterocycles. The number of benzene rings is 1. The zero-order valence-electron chi connectivity index (χ0n) is 9.57. The van der Waals surface area contributed by atoms with Crippen LogP contribution in [0.15, 0.2) is 36.7 Å². The summed E-state index contributed by atoms with van der Waals surface area (Å²) >= 11 is 0. The molecule has 3 heteroatoms. The smallest absolute Gasteiger partial charge is 0.137 e. The molecule has 3 nitrogen and oxygen atoms in total. The van der Waals surface area contributed by atoms with Crippen molar-refractivity contribution in [3.63, 3.8) is 0 Å². The summed E-state index contributed by atoms with van der Waals surface area (Å²) in [5.41, 5.74) is 1.89. The van der Waals surface area contributed by atoms with Gasteiger partial charge in [-0.1, -0.05) is 38.1 Å². The number of H-pyrrole nitrogens is 1. The van der Waals surface area contributed by atoms with Gasteiger partial charge in [0.15, 0.2) is 0 Å². The number of nitrogens with one attached hydrogen (secondary N) is 1. The van der Waals surface area contributed by atoms with Gasteiger partial charge in [0.25, 0.3) is 0 Å². The van der Waals surface area contributed by atoms with Gasteiger partial charge in [0.1, 0.15) is 5.82 Å². The second-order valence-corrected chi connectivity index (χ2v) is 4.53. The Kier molecular flexibility index (Phi) is 2.79. The molecule has 0 aliphatic rings. The summed E-state index contributed by atoms with van der Waals surface area (Å²) in [6.07, 6.45) is 3.54. The van der Waals surface area contributed by atoms with E-state index in [2.05, 4.69) is 9.97 Å². The maximum atomic E-state index is 9.44. The van der Waals surface area contributed by atoms with E-state index in [9.17, 15) is 5.11 Å². The highest BCUT2D eigenvalue weighted by Crippen LogP contribution is 2.30. The molecule has 0 aliphatic carbocycles. The van der Waals surface area contributed by atoms with Crippen molar-refractivity contribution in [3.05, 3.63) is 42.2 Å². The van der Waals surface area contributed by atoms with Crippen LogP contribution in [0.3, 0.4) is 0 Å². The van der Waals surface area contributed by atoms with E-state index in [0.29, 0.717) is 0 Å². The van der Waals surface area contributed by atoms with Gasteiger partial charge >= 0.3 is 0 Å². The van der Waals surface area contributed by atoms with Gasteiger partial charge in [0, 0.05) is 23.4 Å². The molecule has 2 aromatic rings. The minimum atomic E-state index is -0.261. The topological polar surface area (TPSA) is 48.9 Å². The van der Waals surface area contributed by atoms with Crippen LogP contribution in [0.4, 0.5) is 0 Å². The number of hydrogen-bond acceptors (Lipinski definition) is 2. The highest BCUT2D eigenvalue weighted by Gasteiger charge is 2.23. The summed E-state index contributed by atoms with van der Waals surface area (Å²) < 4.78 is 0. The molecule has 0 spiro atoms. The lowest BCUT2D eigenvalue weighted by Crippen LogP contribution is -2.23. The van der Waals surface area contributed by atoms with Crippen molar-refractivity contribution in [2.24, 2.45) is 0 Å². The van der Waals surface area contributed by atoms with E-state index in [1.807, 2.05) is 38.1 Å². The summed E-state index contributed by atoms with van der Waals surface area (Å²) in [6.45, 7) is 4.16. The lowest BCUT2D eigenvalue weighted by Gasteiger charge is -2.24.